The fourth-order valence-corrected chi connectivity index (χ4v) is 7.12. The highest BCUT2D eigenvalue weighted by atomic mass is 16.3. The Morgan fingerprint density at radius 1 is 0.327 bits per heavy atom. The quantitative estimate of drug-likeness (QED) is 0.183. The molecule has 10 rings (SSSR count). The molecule has 0 aliphatic heterocycles. The van der Waals surface area contributed by atoms with E-state index in [0.717, 1.165) is 65.6 Å². The van der Waals surface area contributed by atoms with Gasteiger partial charge in [-0.1, -0.05) is 140 Å². The summed E-state index contributed by atoms with van der Waals surface area (Å²) in [7, 11) is 0. The Hall–Kier alpha value is -6.65. The van der Waals surface area contributed by atoms with Crippen molar-refractivity contribution in [3.05, 3.63) is 164 Å². The summed E-state index contributed by atoms with van der Waals surface area (Å²) in [4.78, 5) is 15.4. The monoisotopic (exact) mass is 625 g/mol. The first kappa shape index (κ1) is 27.5. The van der Waals surface area contributed by atoms with Crippen molar-refractivity contribution < 1.29 is 4.42 Å². The molecule has 0 unspecified atom stereocenters. The number of aromatic nitrogens is 3. The molecule has 0 fully saturated rings. The molecular formula is C45H27N3O. The minimum atomic E-state index is 0.602. The van der Waals surface area contributed by atoms with E-state index in [1.54, 1.807) is 0 Å². The molecular weight excluding hydrogens is 599 g/mol. The molecule has 0 saturated carbocycles. The van der Waals surface area contributed by atoms with Gasteiger partial charge in [-0.15, -0.1) is 0 Å². The SMILES string of the molecule is c1ccc(-c2ccc3c(ccc4c(-c5nc(-c6ccccc6)nc(-c6ccc7ccccc7c6)n5)cc5oc6ccccc6c5c43)c2)cc1. The summed E-state index contributed by atoms with van der Waals surface area (Å²) in [6.07, 6.45) is 0. The molecule has 0 bridgehead atoms. The Balaban J connectivity index is 1.28. The van der Waals surface area contributed by atoms with Gasteiger partial charge >= 0.3 is 0 Å². The molecule has 2 aromatic heterocycles. The van der Waals surface area contributed by atoms with E-state index in [-0.39, 0.29) is 0 Å². The average molecular weight is 626 g/mol. The maximum absolute atomic E-state index is 6.57. The minimum Gasteiger partial charge on any atom is -0.456 e. The van der Waals surface area contributed by atoms with Gasteiger partial charge in [0.25, 0.3) is 0 Å². The third-order valence-corrected chi connectivity index (χ3v) is 9.48. The van der Waals surface area contributed by atoms with E-state index < -0.39 is 0 Å². The smallest absolute Gasteiger partial charge is 0.164 e. The van der Waals surface area contributed by atoms with E-state index in [1.807, 2.05) is 42.5 Å². The zero-order chi connectivity index (χ0) is 32.3. The van der Waals surface area contributed by atoms with Crippen molar-refractivity contribution >= 4 is 54.3 Å². The number of nitrogens with zero attached hydrogens (tertiary/aromatic N) is 3. The summed E-state index contributed by atoms with van der Waals surface area (Å²) in [5, 5.41) is 9.01. The van der Waals surface area contributed by atoms with Gasteiger partial charge in [-0.2, -0.15) is 0 Å². The first-order valence-electron chi connectivity index (χ1n) is 16.4. The molecule has 8 aromatic carbocycles. The number of hydrogen-bond donors (Lipinski definition) is 0. The van der Waals surface area contributed by atoms with Crippen molar-refractivity contribution in [3.8, 4) is 45.3 Å². The molecule has 4 nitrogen and oxygen atoms in total. The van der Waals surface area contributed by atoms with E-state index in [9.17, 15) is 0 Å². The van der Waals surface area contributed by atoms with E-state index in [0.29, 0.717) is 17.5 Å². The summed E-state index contributed by atoms with van der Waals surface area (Å²) in [5.74, 6) is 1.85. The third-order valence-electron chi connectivity index (χ3n) is 9.48. The topological polar surface area (TPSA) is 51.8 Å². The van der Waals surface area contributed by atoms with Gasteiger partial charge < -0.3 is 4.42 Å². The van der Waals surface area contributed by atoms with Gasteiger partial charge in [-0.3, -0.25) is 0 Å². The fourth-order valence-electron chi connectivity index (χ4n) is 7.12. The van der Waals surface area contributed by atoms with Crippen LogP contribution in [-0.4, -0.2) is 15.0 Å². The first-order valence-corrected chi connectivity index (χ1v) is 16.4. The van der Waals surface area contributed by atoms with Crippen LogP contribution in [-0.2, 0) is 0 Å². The fraction of sp³-hybridized carbons (Fsp3) is 0. The van der Waals surface area contributed by atoms with Crippen molar-refractivity contribution in [2.24, 2.45) is 0 Å². The molecule has 0 amide bonds. The van der Waals surface area contributed by atoms with Crippen LogP contribution in [0.1, 0.15) is 0 Å². The van der Waals surface area contributed by atoms with E-state index in [1.165, 1.54) is 16.5 Å². The largest absolute Gasteiger partial charge is 0.456 e. The second-order valence-corrected chi connectivity index (χ2v) is 12.4. The lowest BCUT2D eigenvalue weighted by molar-refractivity contribution is 0.669. The van der Waals surface area contributed by atoms with Gasteiger partial charge in [0.1, 0.15) is 11.2 Å². The Kier molecular flexibility index (Phi) is 6.15. The van der Waals surface area contributed by atoms with Gasteiger partial charge in [0, 0.05) is 32.8 Å². The highest BCUT2D eigenvalue weighted by molar-refractivity contribution is 6.29. The van der Waals surface area contributed by atoms with Gasteiger partial charge in [-0.05, 0) is 62.3 Å². The summed E-state index contributed by atoms with van der Waals surface area (Å²) in [6, 6.07) is 56.9. The van der Waals surface area contributed by atoms with E-state index in [4.69, 9.17) is 19.4 Å². The molecule has 0 atom stereocenters. The normalized spacial score (nSPS) is 11.7. The summed E-state index contributed by atoms with van der Waals surface area (Å²) in [5.41, 5.74) is 6.80. The highest BCUT2D eigenvalue weighted by Crippen LogP contribution is 2.43. The predicted octanol–water partition coefficient (Wildman–Crippen LogP) is 11.9. The molecule has 0 aliphatic carbocycles. The molecule has 0 N–H and O–H groups in total. The predicted molar refractivity (Wildman–Crippen MR) is 201 cm³/mol. The summed E-state index contributed by atoms with van der Waals surface area (Å²) < 4.78 is 6.57. The van der Waals surface area contributed by atoms with Gasteiger partial charge in [-0.25, -0.2) is 15.0 Å². The van der Waals surface area contributed by atoms with Crippen LogP contribution >= 0.6 is 0 Å². The number of hydrogen-bond acceptors (Lipinski definition) is 4. The maximum atomic E-state index is 6.57. The van der Waals surface area contributed by atoms with Crippen molar-refractivity contribution in [2.45, 2.75) is 0 Å². The summed E-state index contributed by atoms with van der Waals surface area (Å²) in [6.45, 7) is 0. The van der Waals surface area contributed by atoms with Crippen LogP contribution in [0, 0.1) is 0 Å². The van der Waals surface area contributed by atoms with Crippen molar-refractivity contribution in [3.63, 3.8) is 0 Å². The Bertz CT molecular complexity index is 2880. The Morgan fingerprint density at radius 2 is 0.939 bits per heavy atom. The van der Waals surface area contributed by atoms with Crippen molar-refractivity contribution in [1.82, 2.24) is 15.0 Å². The number of fused-ring (bicyclic) bond motifs is 8. The molecule has 228 valence electrons. The van der Waals surface area contributed by atoms with Gasteiger partial charge in [0.15, 0.2) is 17.5 Å². The van der Waals surface area contributed by atoms with Crippen LogP contribution in [0.5, 0.6) is 0 Å². The molecule has 49 heavy (non-hydrogen) atoms. The second-order valence-electron chi connectivity index (χ2n) is 12.4. The zero-order valence-electron chi connectivity index (χ0n) is 26.3. The Morgan fingerprint density at radius 3 is 1.78 bits per heavy atom. The standard InChI is InChI=1S/C45H27N3O/c1-3-11-28(12-4-1)32-21-23-35-33(25-32)22-24-36-38(27-40-42(41(35)36)37-17-9-10-18-39(37)49-40)45-47-43(30-14-5-2-6-15-30)46-44(48-45)34-20-19-29-13-7-8-16-31(29)26-34/h1-27H. The number of furan rings is 1. The molecule has 4 heteroatoms. The summed E-state index contributed by atoms with van der Waals surface area (Å²) >= 11 is 0. The second kappa shape index (κ2) is 11.0. The first-order chi connectivity index (χ1) is 24.3. The van der Waals surface area contributed by atoms with E-state index in [2.05, 4.69) is 121 Å². The van der Waals surface area contributed by atoms with Gasteiger partial charge in [0.2, 0.25) is 0 Å². The third kappa shape index (κ3) is 4.57. The highest BCUT2D eigenvalue weighted by Gasteiger charge is 2.20. The lowest BCUT2D eigenvalue weighted by Crippen LogP contribution is -2.00. The number of rotatable bonds is 4. The van der Waals surface area contributed by atoms with Crippen molar-refractivity contribution in [1.29, 1.82) is 0 Å². The van der Waals surface area contributed by atoms with E-state index >= 15 is 0 Å². The lowest BCUT2D eigenvalue weighted by atomic mass is 9.92. The van der Waals surface area contributed by atoms with Crippen molar-refractivity contribution in [2.75, 3.05) is 0 Å². The molecule has 0 radical (unpaired) electrons. The van der Waals surface area contributed by atoms with Crippen LogP contribution in [0.25, 0.3) is 99.5 Å². The van der Waals surface area contributed by atoms with Gasteiger partial charge in [0.05, 0.1) is 0 Å². The molecule has 0 aliphatic rings. The maximum Gasteiger partial charge on any atom is 0.164 e. The van der Waals surface area contributed by atoms with Crippen LogP contribution in [0.4, 0.5) is 0 Å². The molecule has 10 aromatic rings. The van der Waals surface area contributed by atoms with Crippen LogP contribution in [0.15, 0.2) is 168 Å². The van der Waals surface area contributed by atoms with Crippen LogP contribution in [0.3, 0.4) is 0 Å². The lowest BCUT2D eigenvalue weighted by Gasteiger charge is -2.13. The number of para-hydroxylation sites is 1. The molecule has 2 heterocycles. The minimum absolute atomic E-state index is 0.602. The van der Waals surface area contributed by atoms with Crippen LogP contribution < -0.4 is 0 Å². The van der Waals surface area contributed by atoms with Crippen LogP contribution in [0.2, 0.25) is 0 Å². The Labute approximate surface area is 282 Å². The number of benzene rings is 8. The zero-order valence-corrected chi connectivity index (χ0v) is 26.3. The molecule has 0 saturated heterocycles. The average Bonchev–Trinajstić information content (AvgIpc) is 3.56. The molecule has 0 spiro atoms.